The first-order chi connectivity index (χ1) is 31.7. The highest BCUT2D eigenvalue weighted by Gasteiger charge is 2.31. The van der Waals surface area contributed by atoms with Crippen LogP contribution in [-0.2, 0) is 42.9 Å². The van der Waals surface area contributed by atoms with Gasteiger partial charge in [-0.25, -0.2) is 8.78 Å². The third kappa shape index (κ3) is 15.6. The molecule has 360 valence electrons. The zero-order valence-corrected chi connectivity index (χ0v) is 42.6. The van der Waals surface area contributed by atoms with E-state index < -0.39 is 29.3 Å². The highest BCUT2D eigenvalue weighted by atomic mass is 35.5. The number of alkyl halides is 3. The minimum Gasteiger partial charge on any atom is -0.334 e. The predicted octanol–water partition coefficient (Wildman–Crippen LogP) is 17.0. The minimum absolute atomic E-state index is 0.0212. The third-order valence-corrected chi connectivity index (χ3v) is 12.6. The average Bonchev–Trinajstić information content (AvgIpc) is 3.25. The van der Waals surface area contributed by atoms with Crippen LogP contribution in [0.5, 0.6) is 0 Å². The second-order valence-corrected chi connectivity index (χ2v) is 20.9. The van der Waals surface area contributed by atoms with E-state index in [2.05, 4.69) is 65.8 Å². The van der Waals surface area contributed by atoms with Crippen molar-refractivity contribution in [3.63, 3.8) is 0 Å². The highest BCUT2D eigenvalue weighted by Crippen LogP contribution is 2.32. The van der Waals surface area contributed by atoms with Gasteiger partial charge in [-0.15, -0.1) is 0 Å². The van der Waals surface area contributed by atoms with Crippen LogP contribution in [0.1, 0.15) is 101 Å². The van der Waals surface area contributed by atoms with Crippen molar-refractivity contribution in [1.29, 1.82) is 0 Å². The molecule has 0 aromatic heterocycles. The topological polar surface area (TPSA) is 40.6 Å². The van der Waals surface area contributed by atoms with E-state index in [1.54, 1.807) is 29.2 Å². The molecule has 68 heavy (non-hydrogen) atoms. The number of carbonyl (C=O) groups is 2. The number of nitrogens with zero attached hydrogens (tertiary/aromatic N) is 2. The fourth-order valence-electron chi connectivity index (χ4n) is 7.07. The molecule has 0 aliphatic heterocycles. The molecule has 0 fully saturated rings. The summed E-state index contributed by atoms with van der Waals surface area (Å²) in [5, 5.41) is 1.21. The first-order valence-corrected chi connectivity index (χ1v) is 23.6. The van der Waals surface area contributed by atoms with Crippen LogP contribution in [0.4, 0.5) is 22.0 Å². The van der Waals surface area contributed by atoms with Crippen molar-refractivity contribution in [2.24, 2.45) is 0 Å². The van der Waals surface area contributed by atoms with Gasteiger partial charge in [-0.3, -0.25) is 9.59 Å². The lowest BCUT2D eigenvalue weighted by Crippen LogP contribution is -2.32. The molecule has 0 saturated heterocycles. The van der Waals surface area contributed by atoms with Gasteiger partial charge in [-0.2, -0.15) is 13.2 Å². The largest absolute Gasteiger partial charge is 0.416 e. The molecule has 0 unspecified atom stereocenters. The standard InChI is InChI=1S/C27H24Cl2F5NO.C26H25Cl4NO/c1-26(2,3)19-6-4-16(5-7-19)15-35(25(36)18-12-22(28)24(31)23(29)13-18)9-8-17-10-20(27(32,33)34)14-21(30)11-17;1-26(2,3)20-7-4-18(5-8-20)16-31(11-10-17-6-9-23(29)24(30)12-17)25(32)19-13-21(27)15-22(28)14-19/h4-7,10-14H,8-9,15H2,1-3H3;4-9,12-15H,10-11,16H2,1-3H3. The number of rotatable bonds is 12. The Balaban J connectivity index is 0.000000256. The Hall–Kier alpha value is -4.35. The first-order valence-electron chi connectivity index (χ1n) is 21.4. The molecule has 6 aromatic carbocycles. The van der Waals surface area contributed by atoms with Gasteiger partial charge in [0.05, 0.1) is 25.7 Å². The lowest BCUT2D eigenvalue weighted by molar-refractivity contribution is -0.137. The SMILES string of the molecule is CC(C)(C)c1ccc(CN(CCc2cc(F)cc(C(F)(F)F)c2)C(=O)c2cc(Cl)c(F)c(Cl)c2)cc1.CC(C)(C)c1ccc(CN(CCc2ccc(Cl)c(Cl)c2)C(=O)c2cc(Cl)cc(Cl)c2)cc1. The van der Waals surface area contributed by atoms with E-state index in [1.807, 2.05) is 36.4 Å². The number of amides is 2. The van der Waals surface area contributed by atoms with Gasteiger partial charge < -0.3 is 9.80 Å². The first kappa shape index (κ1) is 54.6. The van der Waals surface area contributed by atoms with Crippen molar-refractivity contribution in [1.82, 2.24) is 9.80 Å². The summed E-state index contributed by atoms with van der Waals surface area (Å²) in [6, 6.07) is 31.0. The van der Waals surface area contributed by atoms with Gasteiger partial charge in [-0.1, -0.05) is 166 Å². The van der Waals surface area contributed by atoms with Crippen LogP contribution in [0.2, 0.25) is 30.1 Å². The number of hydrogen-bond donors (Lipinski definition) is 0. The molecule has 2 amide bonds. The number of carbonyl (C=O) groups excluding carboxylic acids is 2. The minimum atomic E-state index is -4.71. The van der Waals surface area contributed by atoms with Gasteiger partial charge in [-0.05, 0) is 118 Å². The van der Waals surface area contributed by atoms with Crippen molar-refractivity contribution in [2.45, 2.75) is 84.5 Å². The summed E-state index contributed by atoms with van der Waals surface area (Å²) in [6.45, 7) is 13.8. The normalized spacial score (nSPS) is 11.8. The smallest absolute Gasteiger partial charge is 0.334 e. The van der Waals surface area contributed by atoms with Crippen molar-refractivity contribution >= 4 is 81.4 Å². The molecule has 0 atom stereocenters. The van der Waals surface area contributed by atoms with E-state index in [4.69, 9.17) is 69.6 Å². The Labute approximate surface area is 424 Å². The Morgan fingerprint density at radius 1 is 0.456 bits per heavy atom. The summed E-state index contributed by atoms with van der Waals surface area (Å²) in [5.41, 5.74) is 4.60. The van der Waals surface area contributed by atoms with Crippen molar-refractivity contribution < 1.29 is 31.5 Å². The molecular formula is C53H49Cl6F5N2O2. The van der Waals surface area contributed by atoms with E-state index in [0.717, 1.165) is 46.5 Å². The van der Waals surface area contributed by atoms with Crippen LogP contribution in [0.25, 0.3) is 0 Å². The van der Waals surface area contributed by atoms with Crippen LogP contribution < -0.4 is 0 Å². The maximum atomic E-state index is 13.9. The van der Waals surface area contributed by atoms with Gasteiger partial charge in [0, 0.05) is 47.4 Å². The maximum Gasteiger partial charge on any atom is 0.416 e. The van der Waals surface area contributed by atoms with Crippen molar-refractivity contribution in [3.05, 3.63) is 207 Å². The van der Waals surface area contributed by atoms with Gasteiger partial charge in [0.2, 0.25) is 0 Å². The molecule has 6 aromatic rings. The second-order valence-electron chi connectivity index (χ2n) is 18.4. The Bertz CT molecular complexity index is 2690. The van der Waals surface area contributed by atoms with Crippen LogP contribution >= 0.6 is 69.6 Å². The van der Waals surface area contributed by atoms with E-state index >= 15 is 0 Å². The summed E-state index contributed by atoms with van der Waals surface area (Å²) in [4.78, 5) is 29.9. The van der Waals surface area contributed by atoms with Gasteiger partial charge in [0.15, 0.2) is 5.82 Å². The van der Waals surface area contributed by atoms with Gasteiger partial charge in [0.1, 0.15) is 5.82 Å². The van der Waals surface area contributed by atoms with E-state index in [1.165, 1.54) is 10.5 Å². The Morgan fingerprint density at radius 2 is 0.882 bits per heavy atom. The summed E-state index contributed by atoms with van der Waals surface area (Å²) in [5.74, 6) is -2.56. The molecule has 15 heteroatoms. The van der Waals surface area contributed by atoms with E-state index in [9.17, 15) is 31.5 Å². The lowest BCUT2D eigenvalue weighted by Gasteiger charge is -2.25. The average molecular weight is 1050 g/mol. The fraction of sp³-hybridized carbons (Fsp3) is 0.283. The Kier molecular flexibility index (Phi) is 18.5. The van der Waals surface area contributed by atoms with Crippen LogP contribution in [0.3, 0.4) is 0 Å². The number of benzene rings is 6. The van der Waals surface area contributed by atoms with E-state index in [0.29, 0.717) is 51.2 Å². The molecule has 0 radical (unpaired) electrons. The molecule has 0 bridgehead atoms. The monoisotopic (exact) mass is 1050 g/mol. The lowest BCUT2D eigenvalue weighted by atomic mass is 9.86. The van der Waals surface area contributed by atoms with Gasteiger partial charge >= 0.3 is 6.18 Å². The van der Waals surface area contributed by atoms with Crippen molar-refractivity contribution in [2.75, 3.05) is 13.1 Å². The molecular weight excluding hydrogens is 1000 g/mol. The molecule has 4 nitrogen and oxygen atoms in total. The summed E-state index contributed by atoms with van der Waals surface area (Å²) < 4.78 is 67.1. The van der Waals surface area contributed by atoms with Crippen LogP contribution in [0, 0.1) is 11.6 Å². The maximum absolute atomic E-state index is 13.9. The molecule has 0 aliphatic carbocycles. The zero-order chi connectivity index (χ0) is 50.3. The summed E-state index contributed by atoms with van der Waals surface area (Å²) in [6.07, 6.45) is -4.12. The summed E-state index contributed by atoms with van der Waals surface area (Å²) >= 11 is 36.2. The number of hydrogen-bond acceptors (Lipinski definition) is 2. The molecule has 6 rings (SSSR count). The Morgan fingerprint density at radius 3 is 1.31 bits per heavy atom. The highest BCUT2D eigenvalue weighted by molar-refractivity contribution is 6.42. The number of halogens is 11. The second kappa shape index (κ2) is 23.0. The molecule has 0 aliphatic rings. The molecule has 0 N–H and O–H groups in total. The third-order valence-electron chi connectivity index (χ3n) is 10.9. The van der Waals surface area contributed by atoms with Gasteiger partial charge in [0.25, 0.3) is 11.8 Å². The molecule has 0 heterocycles. The van der Waals surface area contributed by atoms with Crippen molar-refractivity contribution in [3.8, 4) is 0 Å². The fourth-order valence-corrected chi connectivity index (χ4v) is 8.40. The quantitative estimate of drug-likeness (QED) is 0.0905. The summed E-state index contributed by atoms with van der Waals surface area (Å²) in [7, 11) is 0. The molecule has 0 spiro atoms. The predicted molar refractivity (Wildman–Crippen MR) is 268 cm³/mol. The zero-order valence-electron chi connectivity index (χ0n) is 38.1. The van der Waals surface area contributed by atoms with E-state index in [-0.39, 0.29) is 57.4 Å². The molecule has 0 saturated carbocycles. The van der Waals surface area contributed by atoms with Crippen LogP contribution in [-0.4, -0.2) is 34.7 Å². The van der Waals surface area contributed by atoms with Crippen LogP contribution in [0.15, 0.2) is 115 Å².